The van der Waals surface area contributed by atoms with Crippen LogP contribution in [-0.4, -0.2) is 82.7 Å². The summed E-state index contributed by atoms with van der Waals surface area (Å²) in [6, 6.07) is 0. The van der Waals surface area contributed by atoms with Crippen molar-refractivity contribution in [3.8, 4) is 0 Å². The molecule has 228 valence electrons. The van der Waals surface area contributed by atoms with E-state index in [0.717, 1.165) is 12.0 Å². The van der Waals surface area contributed by atoms with E-state index in [-0.39, 0.29) is 55.3 Å². The number of methoxy groups -OCH3 is 1. The summed E-state index contributed by atoms with van der Waals surface area (Å²) in [7, 11) is 1.69. The summed E-state index contributed by atoms with van der Waals surface area (Å²) < 4.78 is 22.5. The first kappa shape index (κ1) is 34.2. The van der Waals surface area contributed by atoms with E-state index in [1.54, 1.807) is 26.2 Å². The van der Waals surface area contributed by atoms with Gasteiger partial charge in [-0.1, -0.05) is 52.0 Å². The summed E-state index contributed by atoms with van der Waals surface area (Å²) >= 11 is 0. The molecule has 0 aliphatic carbocycles. The number of hydrogen-bond acceptors (Lipinski definition) is 9. The zero-order valence-electron chi connectivity index (χ0n) is 25.3. The van der Waals surface area contributed by atoms with Gasteiger partial charge in [0.1, 0.15) is 23.9 Å². The highest BCUT2D eigenvalue weighted by Gasteiger charge is 2.50. The Morgan fingerprint density at radius 1 is 1.25 bits per heavy atom. The Balaban J connectivity index is 2.16. The van der Waals surface area contributed by atoms with Crippen LogP contribution >= 0.6 is 0 Å². The van der Waals surface area contributed by atoms with E-state index in [2.05, 4.69) is 13.8 Å². The number of epoxide rings is 1. The second-order valence-electron chi connectivity index (χ2n) is 11.7. The van der Waals surface area contributed by atoms with Crippen molar-refractivity contribution in [2.75, 3.05) is 7.11 Å². The molecule has 0 saturated carbocycles. The van der Waals surface area contributed by atoms with Crippen molar-refractivity contribution in [2.45, 2.75) is 122 Å². The molecular weight excluding hydrogens is 516 g/mol. The Bertz CT molecular complexity index is 920. The predicted molar refractivity (Wildman–Crippen MR) is 151 cm³/mol. The number of allylic oxidation sites excluding steroid dienone is 2. The van der Waals surface area contributed by atoms with Gasteiger partial charge in [-0.2, -0.15) is 0 Å². The van der Waals surface area contributed by atoms with Crippen molar-refractivity contribution in [3.63, 3.8) is 0 Å². The number of esters is 2. The van der Waals surface area contributed by atoms with Gasteiger partial charge >= 0.3 is 11.9 Å². The van der Waals surface area contributed by atoms with Crippen molar-refractivity contribution in [1.82, 2.24) is 0 Å². The van der Waals surface area contributed by atoms with E-state index in [0.29, 0.717) is 0 Å². The molecule has 0 unspecified atom stereocenters. The van der Waals surface area contributed by atoms with Crippen molar-refractivity contribution in [3.05, 3.63) is 36.0 Å². The van der Waals surface area contributed by atoms with Gasteiger partial charge in [0.15, 0.2) is 0 Å². The molecule has 0 aromatic rings. The van der Waals surface area contributed by atoms with Gasteiger partial charge < -0.3 is 34.3 Å². The lowest BCUT2D eigenvalue weighted by Gasteiger charge is -2.32. The van der Waals surface area contributed by atoms with Crippen LogP contribution in [-0.2, 0) is 28.5 Å². The van der Waals surface area contributed by atoms with Crippen LogP contribution < -0.4 is 0 Å². The fraction of sp³-hybridized carbons (Fsp3) is 0.742. The molecule has 2 aliphatic heterocycles. The second-order valence-corrected chi connectivity index (χ2v) is 11.7. The average Bonchev–Trinajstić information content (AvgIpc) is 3.68. The summed E-state index contributed by atoms with van der Waals surface area (Å²) in [4.78, 5) is 24.3. The normalized spacial score (nSPS) is 35.2. The lowest BCUT2D eigenvalue weighted by atomic mass is 9.88. The van der Waals surface area contributed by atoms with Crippen LogP contribution in [0, 0.1) is 17.8 Å². The first-order valence-electron chi connectivity index (χ1n) is 14.4. The molecule has 1 saturated heterocycles. The number of ether oxygens (including phenoxy) is 4. The van der Waals surface area contributed by atoms with Crippen LogP contribution in [0.3, 0.4) is 0 Å². The fourth-order valence-corrected chi connectivity index (χ4v) is 5.32. The third-order valence-electron chi connectivity index (χ3n) is 8.09. The van der Waals surface area contributed by atoms with Crippen molar-refractivity contribution >= 4 is 11.9 Å². The Morgan fingerprint density at radius 2 is 1.93 bits per heavy atom. The molecular formula is C31H50O9. The molecule has 3 N–H and O–H groups in total. The van der Waals surface area contributed by atoms with Gasteiger partial charge in [-0.05, 0) is 44.8 Å². The standard InChI is InChI=1S/C31H50O9/c1-9-24(37-8)21(5)29-30(40-29)27(35)18(2)11-10-12-19(3)28-20(4)13-14-25(38-22(6)32)31(7,36)16-15-23(33)17-26(34)39-28/h10-14,18,20-21,23-25,27-30,33,35-36H,9,15-17H2,1-8H3/t18-,20-,21+,23+,24-,25-,27+,28+,29+,30+,31+/m0/s1. The van der Waals surface area contributed by atoms with Gasteiger partial charge in [-0.25, -0.2) is 0 Å². The summed E-state index contributed by atoms with van der Waals surface area (Å²) in [5.74, 6) is -1.39. The summed E-state index contributed by atoms with van der Waals surface area (Å²) in [5, 5.41) is 32.2. The molecule has 9 nitrogen and oxygen atoms in total. The van der Waals surface area contributed by atoms with Crippen molar-refractivity contribution < 1.29 is 43.9 Å². The fourth-order valence-electron chi connectivity index (χ4n) is 5.32. The van der Waals surface area contributed by atoms with Crippen LogP contribution in [0.1, 0.15) is 74.1 Å². The van der Waals surface area contributed by atoms with Gasteiger partial charge in [0.2, 0.25) is 0 Å². The molecule has 2 aliphatic rings. The highest BCUT2D eigenvalue weighted by Crippen LogP contribution is 2.37. The number of carbonyl (C=O) groups excluding carboxylic acids is 2. The van der Waals surface area contributed by atoms with E-state index < -0.39 is 42.0 Å². The molecule has 0 amide bonds. The maximum Gasteiger partial charge on any atom is 0.309 e. The van der Waals surface area contributed by atoms with Crippen molar-refractivity contribution in [2.24, 2.45) is 17.8 Å². The van der Waals surface area contributed by atoms with Crippen LogP contribution in [0.2, 0.25) is 0 Å². The van der Waals surface area contributed by atoms with Gasteiger partial charge in [0, 0.05) is 31.8 Å². The minimum absolute atomic E-state index is 0.0387. The zero-order valence-corrected chi connectivity index (χ0v) is 25.3. The Hall–Kier alpha value is -2.04. The maximum absolute atomic E-state index is 12.6. The predicted octanol–water partition coefficient (Wildman–Crippen LogP) is 3.65. The lowest BCUT2D eigenvalue weighted by molar-refractivity contribution is -0.157. The minimum atomic E-state index is -1.42. The molecule has 1 fully saturated rings. The van der Waals surface area contributed by atoms with E-state index in [9.17, 15) is 24.9 Å². The summed E-state index contributed by atoms with van der Waals surface area (Å²) in [5.41, 5.74) is -0.666. The molecule has 0 spiro atoms. The van der Waals surface area contributed by atoms with E-state index in [1.165, 1.54) is 6.92 Å². The molecule has 0 aromatic carbocycles. The van der Waals surface area contributed by atoms with Crippen LogP contribution in [0.4, 0.5) is 0 Å². The molecule has 2 rings (SSSR count). The molecule has 0 bridgehead atoms. The minimum Gasteiger partial charge on any atom is -0.457 e. The second kappa shape index (κ2) is 15.3. The molecule has 11 atom stereocenters. The van der Waals surface area contributed by atoms with Crippen molar-refractivity contribution in [1.29, 1.82) is 0 Å². The number of hydrogen-bond donors (Lipinski definition) is 3. The zero-order chi connectivity index (χ0) is 30.2. The Morgan fingerprint density at radius 3 is 2.52 bits per heavy atom. The quantitative estimate of drug-likeness (QED) is 0.157. The first-order valence-corrected chi connectivity index (χ1v) is 14.4. The van der Waals surface area contributed by atoms with Crippen LogP contribution in [0.25, 0.3) is 0 Å². The lowest BCUT2D eigenvalue weighted by Crippen LogP contribution is -2.42. The average molecular weight is 567 g/mol. The maximum atomic E-state index is 12.6. The molecule has 40 heavy (non-hydrogen) atoms. The first-order chi connectivity index (χ1) is 18.7. The third-order valence-corrected chi connectivity index (χ3v) is 8.09. The summed E-state index contributed by atoms with van der Waals surface area (Å²) in [6.07, 6.45) is 6.42. The molecule has 0 aromatic heterocycles. The molecule has 2 heterocycles. The third kappa shape index (κ3) is 9.80. The SMILES string of the molecule is CC[C@H](OC)[C@@H](C)[C@H]1O[C@@H]1[C@H](O)[C@@H](C)C=CC=C(C)[C@H]1OC(=O)C[C@H](O)CC[C@@](C)(O)[C@@H](OC(C)=O)C=C[C@@H]1C. The van der Waals surface area contributed by atoms with Gasteiger partial charge in [0.05, 0.1) is 30.8 Å². The van der Waals surface area contributed by atoms with Crippen LogP contribution in [0.5, 0.6) is 0 Å². The van der Waals surface area contributed by atoms with Crippen LogP contribution in [0.15, 0.2) is 36.0 Å². The van der Waals surface area contributed by atoms with Gasteiger partial charge in [-0.3, -0.25) is 9.59 Å². The highest BCUT2D eigenvalue weighted by atomic mass is 16.6. The number of aliphatic hydroxyl groups is 3. The number of aliphatic hydroxyl groups excluding tert-OH is 2. The Labute approximate surface area is 239 Å². The summed E-state index contributed by atoms with van der Waals surface area (Å²) in [6.45, 7) is 12.6. The number of carbonyl (C=O) groups is 2. The van der Waals surface area contributed by atoms with Gasteiger partial charge in [0.25, 0.3) is 0 Å². The molecule has 9 heteroatoms. The van der Waals surface area contributed by atoms with Gasteiger partial charge in [-0.15, -0.1) is 0 Å². The largest absolute Gasteiger partial charge is 0.457 e. The van der Waals surface area contributed by atoms with E-state index in [1.807, 2.05) is 39.0 Å². The monoisotopic (exact) mass is 566 g/mol. The van der Waals surface area contributed by atoms with E-state index >= 15 is 0 Å². The highest BCUT2D eigenvalue weighted by molar-refractivity contribution is 5.70. The Kier molecular flexibility index (Phi) is 13.0. The molecule has 0 radical (unpaired) electrons. The number of cyclic esters (lactones) is 1. The van der Waals surface area contributed by atoms with E-state index in [4.69, 9.17) is 18.9 Å². The topological polar surface area (TPSA) is 135 Å². The number of rotatable bonds is 10. The smallest absolute Gasteiger partial charge is 0.309 e.